The van der Waals surface area contributed by atoms with E-state index in [-0.39, 0.29) is 6.10 Å². The molecule has 1 aliphatic rings. The highest BCUT2D eigenvalue weighted by Crippen LogP contribution is 2.39. The maximum atomic E-state index is 9.57. The van der Waals surface area contributed by atoms with Gasteiger partial charge in [0, 0.05) is 23.8 Å². The predicted molar refractivity (Wildman–Crippen MR) is 69.8 cm³/mol. The Morgan fingerprint density at radius 2 is 2.29 bits per heavy atom. The van der Waals surface area contributed by atoms with Gasteiger partial charge in [0.1, 0.15) is 5.75 Å². The number of rotatable bonds is 4. The first kappa shape index (κ1) is 12.2. The third-order valence-electron chi connectivity index (χ3n) is 3.47. The Labute approximate surface area is 103 Å². The standard InChI is InChI=1S/C14H21NO2/c1-4-15-11(8-10(2)16)9-12-13(15)6-5-7-14(12)17-3/h5-7,10-11,16H,4,8-9H2,1-3H3. The minimum Gasteiger partial charge on any atom is -0.496 e. The number of nitrogens with zero attached hydrogens (tertiary/aromatic N) is 1. The summed E-state index contributed by atoms with van der Waals surface area (Å²) >= 11 is 0. The molecule has 1 aromatic carbocycles. The number of methoxy groups -OCH3 is 1. The Kier molecular flexibility index (Phi) is 3.57. The lowest BCUT2D eigenvalue weighted by molar-refractivity contribution is 0.174. The molecule has 94 valence electrons. The highest BCUT2D eigenvalue weighted by molar-refractivity contribution is 5.64. The molecule has 3 heteroatoms. The first-order chi connectivity index (χ1) is 8.17. The number of benzene rings is 1. The average molecular weight is 235 g/mol. The topological polar surface area (TPSA) is 32.7 Å². The van der Waals surface area contributed by atoms with Gasteiger partial charge in [0.25, 0.3) is 0 Å². The van der Waals surface area contributed by atoms with Gasteiger partial charge in [-0.05, 0) is 38.8 Å². The summed E-state index contributed by atoms with van der Waals surface area (Å²) in [6, 6.07) is 6.58. The van der Waals surface area contributed by atoms with E-state index in [2.05, 4.69) is 17.9 Å². The van der Waals surface area contributed by atoms with Gasteiger partial charge in [0.05, 0.1) is 13.2 Å². The lowest BCUT2D eigenvalue weighted by Crippen LogP contribution is -2.34. The van der Waals surface area contributed by atoms with Crippen molar-refractivity contribution in [2.45, 2.75) is 38.8 Å². The van der Waals surface area contributed by atoms with E-state index in [0.29, 0.717) is 6.04 Å². The normalized spacial score (nSPS) is 20.2. The van der Waals surface area contributed by atoms with E-state index in [1.165, 1.54) is 11.3 Å². The maximum absolute atomic E-state index is 9.57. The number of aliphatic hydroxyl groups is 1. The van der Waals surface area contributed by atoms with Crippen molar-refractivity contribution in [1.29, 1.82) is 0 Å². The Morgan fingerprint density at radius 1 is 1.53 bits per heavy atom. The maximum Gasteiger partial charge on any atom is 0.124 e. The summed E-state index contributed by atoms with van der Waals surface area (Å²) in [5.74, 6) is 0.967. The van der Waals surface area contributed by atoms with Crippen molar-refractivity contribution in [1.82, 2.24) is 0 Å². The molecule has 2 atom stereocenters. The lowest BCUT2D eigenvalue weighted by Gasteiger charge is -2.26. The lowest BCUT2D eigenvalue weighted by atomic mass is 10.0. The van der Waals surface area contributed by atoms with Gasteiger partial charge in [-0.2, -0.15) is 0 Å². The van der Waals surface area contributed by atoms with Gasteiger partial charge in [0.2, 0.25) is 0 Å². The van der Waals surface area contributed by atoms with Crippen LogP contribution in [0.25, 0.3) is 0 Å². The fraction of sp³-hybridized carbons (Fsp3) is 0.571. The number of anilines is 1. The van der Waals surface area contributed by atoms with E-state index in [4.69, 9.17) is 4.74 Å². The largest absolute Gasteiger partial charge is 0.496 e. The molecule has 1 N–H and O–H groups in total. The molecule has 2 unspecified atom stereocenters. The van der Waals surface area contributed by atoms with E-state index in [9.17, 15) is 5.11 Å². The molecule has 0 aromatic heterocycles. The van der Waals surface area contributed by atoms with Crippen LogP contribution >= 0.6 is 0 Å². The molecule has 17 heavy (non-hydrogen) atoms. The number of hydrogen-bond acceptors (Lipinski definition) is 3. The summed E-state index contributed by atoms with van der Waals surface area (Å²) in [6.45, 7) is 4.98. The van der Waals surface area contributed by atoms with Gasteiger partial charge in [0.15, 0.2) is 0 Å². The van der Waals surface area contributed by atoms with E-state index >= 15 is 0 Å². The Bertz CT molecular complexity index is 390. The van der Waals surface area contributed by atoms with E-state index in [1.807, 2.05) is 19.1 Å². The van der Waals surface area contributed by atoms with Gasteiger partial charge in [-0.15, -0.1) is 0 Å². The monoisotopic (exact) mass is 235 g/mol. The van der Waals surface area contributed by atoms with Crippen molar-refractivity contribution in [2.75, 3.05) is 18.6 Å². The minimum absolute atomic E-state index is 0.255. The first-order valence-corrected chi connectivity index (χ1v) is 6.28. The smallest absolute Gasteiger partial charge is 0.124 e. The van der Waals surface area contributed by atoms with Crippen LogP contribution in [-0.2, 0) is 6.42 Å². The second-order valence-corrected chi connectivity index (χ2v) is 4.69. The molecule has 1 aliphatic heterocycles. The summed E-state index contributed by atoms with van der Waals surface area (Å²) < 4.78 is 5.41. The fourth-order valence-corrected chi connectivity index (χ4v) is 2.79. The molecule has 0 saturated heterocycles. The molecule has 1 heterocycles. The molecule has 0 fully saturated rings. The summed E-state index contributed by atoms with van der Waals surface area (Å²) in [5.41, 5.74) is 2.54. The van der Waals surface area contributed by atoms with Crippen molar-refractivity contribution in [3.8, 4) is 5.75 Å². The summed E-state index contributed by atoms with van der Waals surface area (Å²) in [5, 5.41) is 9.57. The van der Waals surface area contributed by atoms with Crippen LogP contribution in [0.4, 0.5) is 5.69 Å². The highest BCUT2D eigenvalue weighted by Gasteiger charge is 2.30. The third kappa shape index (κ3) is 2.25. The average Bonchev–Trinajstić information content (AvgIpc) is 2.64. The summed E-state index contributed by atoms with van der Waals surface area (Å²) in [6.07, 6.45) is 1.53. The van der Waals surface area contributed by atoms with Gasteiger partial charge in [-0.3, -0.25) is 0 Å². The number of ether oxygens (including phenoxy) is 1. The fourth-order valence-electron chi connectivity index (χ4n) is 2.79. The van der Waals surface area contributed by atoms with Crippen LogP contribution in [0.2, 0.25) is 0 Å². The Balaban J connectivity index is 2.30. The third-order valence-corrected chi connectivity index (χ3v) is 3.47. The van der Waals surface area contributed by atoms with E-state index < -0.39 is 0 Å². The highest BCUT2D eigenvalue weighted by atomic mass is 16.5. The Morgan fingerprint density at radius 3 is 2.88 bits per heavy atom. The van der Waals surface area contributed by atoms with Gasteiger partial charge in [-0.1, -0.05) is 6.07 Å². The van der Waals surface area contributed by atoms with E-state index in [1.54, 1.807) is 7.11 Å². The zero-order chi connectivity index (χ0) is 12.4. The first-order valence-electron chi connectivity index (χ1n) is 6.28. The summed E-state index contributed by atoms with van der Waals surface area (Å²) in [4.78, 5) is 2.37. The van der Waals surface area contributed by atoms with Gasteiger partial charge in [-0.25, -0.2) is 0 Å². The van der Waals surface area contributed by atoms with Crippen LogP contribution in [0.15, 0.2) is 18.2 Å². The number of aliphatic hydroxyl groups excluding tert-OH is 1. The quantitative estimate of drug-likeness (QED) is 0.868. The molecule has 3 nitrogen and oxygen atoms in total. The number of hydrogen-bond donors (Lipinski definition) is 1. The molecule has 0 bridgehead atoms. The molecule has 0 saturated carbocycles. The molecule has 0 spiro atoms. The Hall–Kier alpha value is -1.22. The van der Waals surface area contributed by atoms with Crippen LogP contribution in [0, 0.1) is 0 Å². The van der Waals surface area contributed by atoms with Crippen LogP contribution < -0.4 is 9.64 Å². The van der Waals surface area contributed by atoms with Gasteiger partial charge >= 0.3 is 0 Å². The molecule has 2 rings (SSSR count). The predicted octanol–water partition coefficient (Wildman–Crippen LogP) is 2.22. The molecular weight excluding hydrogens is 214 g/mol. The second kappa shape index (κ2) is 4.96. The molecule has 0 radical (unpaired) electrons. The summed E-state index contributed by atoms with van der Waals surface area (Å²) in [7, 11) is 1.72. The van der Waals surface area contributed by atoms with Gasteiger partial charge < -0.3 is 14.7 Å². The number of fused-ring (bicyclic) bond motifs is 1. The zero-order valence-electron chi connectivity index (χ0n) is 10.8. The number of likely N-dealkylation sites (N-methyl/N-ethyl adjacent to an activating group) is 1. The van der Waals surface area contributed by atoms with Crippen LogP contribution in [0.1, 0.15) is 25.8 Å². The molecule has 0 aliphatic carbocycles. The SMILES string of the molecule is CCN1c2cccc(OC)c2CC1CC(C)O. The van der Waals surface area contributed by atoms with Crippen molar-refractivity contribution < 1.29 is 9.84 Å². The van der Waals surface area contributed by atoms with Crippen LogP contribution in [-0.4, -0.2) is 30.9 Å². The molecular formula is C14H21NO2. The van der Waals surface area contributed by atoms with Crippen molar-refractivity contribution in [2.24, 2.45) is 0 Å². The van der Waals surface area contributed by atoms with Crippen molar-refractivity contribution >= 4 is 5.69 Å². The van der Waals surface area contributed by atoms with E-state index in [0.717, 1.165) is 25.1 Å². The zero-order valence-corrected chi connectivity index (χ0v) is 10.8. The van der Waals surface area contributed by atoms with Crippen molar-refractivity contribution in [3.63, 3.8) is 0 Å². The van der Waals surface area contributed by atoms with Crippen LogP contribution in [0.3, 0.4) is 0 Å². The van der Waals surface area contributed by atoms with Crippen molar-refractivity contribution in [3.05, 3.63) is 23.8 Å². The second-order valence-electron chi connectivity index (χ2n) is 4.69. The molecule has 0 amide bonds. The minimum atomic E-state index is -0.255. The molecule has 1 aromatic rings. The van der Waals surface area contributed by atoms with Crippen LogP contribution in [0.5, 0.6) is 5.75 Å².